The van der Waals surface area contributed by atoms with E-state index in [9.17, 15) is 9.59 Å². The first-order chi connectivity index (χ1) is 9.19. The molecule has 1 rings (SSSR count). The Labute approximate surface area is 118 Å². The van der Waals surface area contributed by atoms with Crippen LogP contribution >= 0.6 is 0 Å². The molecule has 0 aliphatic rings. The zero-order valence-corrected chi connectivity index (χ0v) is 12.3. The Morgan fingerprint density at radius 3 is 2.50 bits per heavy atom. The van der Waals surface area contributed by atoms with Crippen LogP contribution < -0.4 is 5.32 Å². The molecule has 0 unspecified atom stereocenters. The van der Waals surface area contributed by atoms with E-state index < -0.39 is 17.7 Å². The highest BCUT2D eigenvalue weighted by Crippen LogP contribution is 2.12. The lowest BCUT2D eigenvalue weighted by atomic mass is 10.0. The van der Waals surface area contributed by atoms with Crippen LogP contribution in [0.1, 0.15) is 42.3 Å². The van der Waals surface area contributed by atoms with Crippen molar-refractivity contribution in [2.45, 2.75) is 39.7 Å². The monoisotopic (exact) mass is 279 g/mol. The molecule has 0 heterocycles. The van der Waals surface area contributed by atoms with Gasteiger partial charge in [-0.1, -0.05) is 6.07 Å². The first-order valence-corrected chi connectivity index (χ1v) is 6.49. The maximum atomic E-state index is 11.5. The number of carboxylic acids is 1. The predicted octanol–water partition coefficient (Wildman–Crippen LogP) is 2.76. The van der Waals surface area contributed by atoms with Gasteiger partial charge in [0.15, 0.2) is 0 Å². The van der Waals surface area contributed by atoms with Gasteiger partial charge in [0.25, 0.3) is 0 Å². The van der Waals surface area contributed by atoms with Crippen molar-refractivity contribution < 1.29 is 19.4 Å². The Morgan fingerprint density at radius 1 is 1.30 bits per heavy atom. The molecule has 5 nitrogen and oxygen atoms in total. The van der Waals surface area contributed by atoms with Crippen molar-refractivity contribution in [3.63, 3.8) is 0 Å². The van der Waals surface area contributed by atoms with Crippen LogP contribution in [0.4, 0.5) is 4.79 Å². The largest absolute Gasteiger partial charge is 0.478 e. The van der Waals surface area contributed by atoms with E-state index in [0.29, 0.717) is 13.0 Å². The molecule has 1 aromatic rings. The molecule has 0 aromatic heterocycles. The zero-order valence-electron chi connectivity index (χ0n) is 12.3. The average molecular weight is 279 g/mol. The van der Waals surface area contributed by atoms with Gasteiger partial charge in [-0.3, -0.25) is 0 Å². The number of aryl methyl sites for hydroxylation is 1. The third kappa shape index (κ3) is 5.30. The molecule has 0 spiro atoms. The number of hydrogen-bond acceptors (Lipinski definition) is 3. The Balaban J connectivity index is 2.56. The molecule has 20 heavy (non-hydrogen) atoms. The Kier molecular flexibility index (Phi) is 5.13. The van der Waals surface area contributed by atoms with Crippen LogP contribution in [-0.4, -0.2) is 29.3 Å². The van der Waals surface area contributed by atoms with E-state index in [4.69, 9.17) is 9.84 Å². The van der Waals surface area contributed by atoms with Gasteiger partial charge < -0.3 is 15.2 Å². The predicted molar refractivity (Wildman–Crippen MR) is 76.1 cm³/mol. The maximum absolute atomic E-state index is 11.5. The summed E-state index contributed by atoms with van der Waals surface area (Å²) in [6.45, 7) is 7.71. The fourth-order valence-corrected chi connectivity index (χ4v) is 1.69. The smallest absolute Gasteiger partial charge is 0.407 e. The summed E-state index contributed by atoms with van der Waals surface area (Å²) >= 11 is 0. The van der Waals surface area contributed by atoms with Gasteiger partial charge >= 0.3 is 12.1 Å². The summed E-state index contributed by atoms with van der Waals surface area (Å²) < 4.78 is 5.12. The SMILES string of the molecule is Cc1ccc(C(=O)O)cc1CCNC(=O)OC(C)(C)C. The van der Waals surface area contributed by atoms with Crippen molar-refractivity contribution in [2.75, 3.05) is 6.54 Å². The van der Waals surface area contributed by atoms with E-state index in [-0.39, 0.29) is 5.56 Å². The minimum absolute atomic E-state index is 0.253. The first kappa shape index (κ1) is 16.0. The number of hydrogen-bond donors (Lipinski definition) is 2. The number of carbonyl (C=O) groups excluding carboxylic acids is 1. The molecule has 0 bridgehead atoms. The summed E-state index contributed by atoms with van der Waals surface area (Å²) in [6, 6.07) is 4.98. The van der Waals surface area contributed by atoms with E-state index >= 15 is 0 Å². The lowest BCUT2D eigenvalue weighted by Gasteiger charge is -2.19. The van der Waals surface area contributed by atoms with Crippen LogP contribution in [0.5, 0.6) is 0 Å². The van der Waals surface area contributed by atoms with Crippen LogP contribution in [0.3, 0.4) is 0 Å². The lowest BCUT2D eigenvalue weighted by molar-refractivity contribution is 0.0527. The van der Waals surface area contributed by atoms with Crippen molar-refractivity contribution in [3.05, 3.63) is 34.9 Å². The standard InChI is InChI=1S/C15H21NO4/c1-10-5-6-12(13(17)18)9-11(10)7-8-16-14(19)20-15(2,3)4/h5-6,9H,7-8H2,1-4H3,(H,16,19)(H,17,18). The minimum atomic E-state index is -0.952. The fourth-order valence-electron chi connectivity index (χ4n) is 1.69. The number of alkyl carbamates (subject to hydrolysis) is 1. The third-order valence-electron chi connectivity index (χ3n) is 2.66. The van der Waals surface area contributed by atoms with Gasteiger partial charge in [-0.05, 0) is 57.4 Å². The Bertz CT molecular complexity index is 503. The van der Waals surface area contributed by atoms with Crippen molar-refractivity contribution in [1.29, 1.82) is 0 Å². The van der Waals surface area contributed by atoms with E-state index in [1.54, 1.807) is 39.0 Å². The van der Waals surface area contributed by atoms with E-state index in [2.05, 4.69) is 5.32 Å². The first-order valence-electron chi connectivity index (χ1n) is 6.49. The van der Waals surface area contributed by atoms with Crippen LogP contribution in [0.25, 0.3) is 0 Å². The number of aromatic carboxylic acids is 1. The highest BCUT2D eigenvalue weighted by Gasteiger charge is 2.15. The van der Waals surface area contributed by atoms with Crippen molar-refractivity contribution in [2.24, 2.45) is 0 Å². The third-order valence-corrected chi connectivity index (χ3v) is 2.66. The molecular weight excluding hydrogens is 258 g/mol. The normalized spacial score (nSPS) is 11.0. The maximum Gasteiger partial charge on any atom is 0.407 e. The summed E-state index contributed by atoms with van der Waals surface area (Å²) in [7, 11) is 0. The van der Waals surface area contributed by atoms with Crippen molar-refractivity contribution in [1.82, 2.24) is 5.32 Å². The van der Waals surface area contributed by atoms with Crippen LogP contribution in [0, 0.1) is 6.92 Å². The number of benzene rings is 1. The molecular formula is C15H21NO4. The molecule has 0 aliphatic heterocycles. The summed E-state index contributed by atoms with van der Waals surface area (Å²) in [6.07, 6.45) is 0.0937. The van der Waals surface area contributed by atoms with Gasteiger partial charge in [0.1, 0.15) is 5.60 Å². The molecule has 0 saturated carbocycles. The van der Waals surface area contributed by atoms with Crippen molar-refractivity contribution >= 4 is 12.1 Å². The van der Waals surface area contributed by atoms with Gasteiger partial charge in [0, 0.05) is 6.54 Å². The summed E-state index contributed by atoms with van der Waals surface area (Å²) in [5.74, 6) is -0.952. The van der Waals surface area contributed by atoms with E-state index in [0.717, 1.165) is 11.1 Å². The Hall–Kier alpha value is -2.04. The molecule has 0 saturated heterocycles. The molecule has 0 fully saturated rings. The quantitative estimate of drug-likeness (QED) is 0.888. The molecule has 1 amide bonds. The molecule has 110 valence electrons. The molecule has 0 radical (unpaired) electrons. The van der Waals surface area contributed by atoms with Gasteiger partial charge in [0.2, 0.25) is 0 Å². The molecule has 5 heteroatoms. The number of amides is 1. The second-order valence-electron chi connectivity index (χ2n) is 5.63. The molecule has 1 aromatic carbocycles. The Morgan fingerprint density at radius 2 is 1.95 bits per heavy atom. The van der Waals surface area contributed by atoms with Crippen LogP contribution in [0.15, 0.2) is 18.2 Å². The molecule has 2 N–H and O–H groups in total. The summed E-state index contributed by atoms with van der Waals surface area (Å²) in [5, 5.41) is 11.6. The highest BCUT2D eigenvalue weighted by atomic mass is 16.6. The van der Waals surface area contributed by atoms with Gasteiger partial charge in [0.05, 0.1) is 5.56 Å². The van der Waals surface area contributed by atoms with Crippen LogP contribution in [-0.2, 0) is 11.2 Å². The minimum Gasteiger partial charge on any atom is -0.478 e. The van der Waals surface area contributed by atoms with Crippen molar-refractivity contribution in [3.8, 4) is 0 Å². The molecule has 0 aliphatic carbocycles. The van der Waals surface area contributed by atoms with Gasteiger partial charge in [-0.15, -0.1) is 0 Å². The van der Waals surface area contributed by atoms with Gasteiger partial charge in [-0.2, -0.15) is 0 Å². The van der Waals surface area contributed by atoms with E-state index in [1.807, 2.05) is 6.92 Å². The summed E-state index contributed by atoms with van der Waals surface area (Å²) in [4.78, 5) is 22.4. The van der Waals surface area contributed by atoms with Crippen LogP contribution in [0.2, 0.25) is 0 Å². The number of ether oxygens (including phenoxy) is 1. The second kappa shape index (κ2) is 6.41. The summed E-state index contributed by atoms with van der Waals surface area (Å²) in [5.41, 5.74) is 1.63. The second-order valence-corrected chi connectivity index (χ2v) is 5.63. The average Bonchev–Trinajstić information content (AvgIpc) is 2.28. The highest BCUT2D eigenvalue weighted by molar-refractivity contribution is 5.87. The number of rotatable bonds is 4. The molecule has 0 atom stereocenters. The topological polar surface area (TPSA) is 75.6 Å². The zero-order chi connectivity index (χ0) is 15.3. The van der Waals surface area contributed by atoms with Gasteiger partial charge in [-0.25, -0.2) is 9.59 Å². The number of nitrogens with one attached hydrogen (secondary N) is 1. The lowest BCUT2D eigenvalue weighted by Crippen LogP contribution is -2.33. The number of carboxylic acid groups (broad SMARTS) is 1. The van der Waals surface area contributed by atoms with E-state index in [1.165, 1.54) is 0 Å². The number of carbonyl (C=O) groups is 2. The fraction of sp³-hybridized carbons (Fsp3) is 0.467.